The lowest BCUT2D eigenvalue weighted by Crippen LogP contribution is -2.73. The summed E-state index contributed by atoms with van der Waals surface area (Å²) in [5, 5.41) is 12.6. The van der Waals surface area contributed by atoms with E-state index in [0.717, 1.165) is 0 Å². The van der Waals surface area contributed by atoms with Gasteiger partial charge in [-0.2, -0.15) is 0 Å². The predicted molar refractivity (Wildman–Crippen MR) is 109 cm³/mol. The highest BCUT2D eigenvalue weighted by molar-refractivity contribution is 6.30. The minimum Gasteiger partial charge on any atom is -0.478 e. The van der Waals surface area contributed by atoms with Gasteiger partial charge in [-0.05, 0) is 36.4 Å². The molecule has 0 aromatic heterocycles. The zero-order valence-corrected chi connectivity index (χ0v) is 15.9. The molecule has 0 spiro atoms. The fourth-order valence-corrected chi connectivity index (χ4v) is 3.84. The average molecular weight is 409 g/mol. The molecule has 29 heavy (non-hydrogen) atoms. The van der Waals surface area contributed by atoms with Crippen LogP contribution in [-0.2, 0) is 4.79 Å². The molecule has 1 saturated heterocycles. The summed E-state index contributed by atoms with van der Waals surface area (Å²) >= 11 is 5.95. The van der Waals surface area contributed by atoms with Crippen LogP contribution >= 0.6 is 11.6 Å². The number of carbonyl (C=O) groups is 3. The van der Waals surface area contributed by atoms with Gasteiger partial charge in [0.25, 0.3) is 11.8 Å². The number of benzene rings is 2. The molecule has 2 aromatic rings. The molecule has 4 rings (SSSR count). The zero-order valence-electron chi connectivity index (χ0n) is 15.2. The van der Waals surface area contributed by atoms with Crippen LogP contribution < -0.4 is 10.2 Å². The SMILES string of the molecule is O=C(O)c1ccccc1C(=O)N[C@@H]1C(=O)N(c2ccc(Cl)cc2)[C@H]1C1C=CC=C1. The standard InChI is InChI=1S/C22H17ClN2O4/c23-14-9-11-15(12-10-14)25-19(13-5-1-2-6-13)18(21(25)27)24-20(26)16-7-3-4-8-17(16)22(28)29/h1-13,18-19H,(H,24,26)(H,28,29)/t18-,19-/m0/s1. The van der Waals surface area contributed by atoms with Crippen LogP contribution in [0.15, 0.2) is 72.8 Å². The number of halogens is 1. The van der Waals surface area contributed by atoms with Crippen molar-refractivity contribution in [1.82, 2.24) is 5.32 Å². The Labute approximate surface area is 172 Å². The quantitative estimate of drug-likeness (QED) is 0.743. The topological polar surface area (TPSA) is 86.7 Å². The van der Waals surface area contributed by atoms with Crippen LogP contribution in [-0.4, -0.2) is 35.0 Å². The van der Waals surface area contributed by atoms with Gasteiger partial charge in [-0.1, -0.05) is 48.0 Å². The van der Waals surface area contributed by atoms with E-state index in [1.807, 2.05) is 24.3 Å². The molecule has 7 heteroatoms. The maximum atomic E-state index is 12.9. The smallest absolute Gasteiger partial charge is 0.336 e. The van der Waals surface area contributed by atoms with Gasteiger partial charge < -0.3 is 15.3 Å². The third-order valence-corrected chi connectivity index (χ3v) is 5.36. The van der Waals surface area contributed by atoms with E-state index >= 15 is 0 Å². The third-order valence-electron chi connectivity index (χ3n) is 5.11. The van der Waals surface area contributed by atoms with Crippen LogP contribution in [0.5, 0.6) is 0 Å². The summed E-state index contributed by atoms with van der Waals surface area (Å²) in [5.74, 6) is -2.11. The molecule has 0 saturated carbocycles. The van der Waals surface area contributed by atoms with Crippen molar-refractivity contribution in [1.29, 1.82) is 0 Å². The van der Waals surface area contributed by atoms with Crippen molar-refractivity contribution in [2.75, 3.05) is 4.90 Å². The Balaban J connectivity index is 1.61. The lowest BCUT2D eigenvalue weighted by Gasteiger charge is -2.49. The van der Waals surface area contributed by atoms with E-state index in [1.165, 1.54) is 12.1 Å². The largest absolute Gasteiger partial charge is 0.478 e. The van der Waals surface area contributed by atoms with Gasteiger partial charge >= 0.3 is 5.97 Å². The van der Waals surface area contributed by atoms with Gasteiger partial charge in [-0.25, -0.2) is 4.79 Å². The Hall–Kier alpha value is -3.38. The second-order valence-corrected chi connectivity index (χ2v) is 7.26. The summed E-state index contributed by atoms with van der Waals surface area (Å²) in [6, 6.07) is 11.8. The molecule has 0 bridgehead atoms. The number of hydrogen-bond acceptors (Lipinski definition) is 3. The van der Waals surface area contributed by atoms with Gasteiger partial charge in [-0.15, -0.1) is 0 Å². The number of amides is 2. The van der Waals surface area contributed by atoms with Gasteiger partial charge in [0.15, 0.2) is 0 Å². The Morgan fingerprint density at radius 3 is 2.21 bits per heavy atom. The summed E-state index contributed by atoms with van der Waals surface area (Å²) in [6.45, 7) is 0. The molecule has 1 heterocycles. The molecule has 2 N–H and O–H groups in total. The number of carbonyl (C=O) groups excluding carboxylic acids is 2. The van der Waals surface area contributed by atoms with Gasteiger partial charge in [0.2, 0.25) is 0 Å². The van der Waals surface area contributed by atoms with Crippen LogP contribution in [0, 0.1) is 5.92 Å². The molecule has 1 aliphatic carbocycles. The van der Waals surface area contributed by atoms with E-state index in [-0.39, 0.29) is 29.0 Å². The molecule has 0 unspecified atom stereocenters. The van der Waals surface area contributed by atoms with Crippen LogP contribution in [0.4, 0.5) is 5.69 Å². The van der Waals surface area contributed by atoms with E-state index in [2.05, 4.69) is 5.32 Å². The van der Waals surface area contributed by atoms with Crippen molar-refractivity contribution >= 4 is 35.1 Å². The second-order valence-electron chi connectivity index (χ2n) is 6.82. The van der Waals surface area contributed by atoms with Crippen LogP contribution in [0.1, 0.15) is 20.7 Å². The fraction of sp³-hybridized carbons (Fsp3) is 0.136. The van der Waals surface area contributed by atoms with Gasteiger partial charge in [0.05, 0.1) is 17.2 Å². The van der Waals surface area contributed by atoms with Crippen LogP contribution in [0.2, 0.25) is 5.02 Å². The maximum Gasteiger partial charge on any atom is 0.336 e. The Morgan fingerprint density at radius 1 is 0.966 bits per heavy atom. The molecule has 2 atom stereocenters. The minimum atomic E-state index is -1.20. The molecule has 2 aliphatic rings. The number of anilines is 1. The van der Waals surface area contributed by atoms with Gasteiger partial charge in [0.1, 0.15) is 6.04 Å². The fourth-order valence-electron chi connectivity index (χ4n) is 3.72. The summed E-state index contributed by atoms with van der Waals surface area (Å²) in [6.07, 6.45) is 7.72. The van der Waals surface area contributed by atoms with Crippen molar-refractivity contribution < 1.29 is 19.5 Å². The minimum absolute atomic E-state index is 0.0222. The average Bonchev–Trinajstić information content (AvgIpc) is 3.24. The number of allylic oxidation sites excluding steroid dienone is 2. The predicted octanol–water partition coefficient (Wildman–Crippen LogP) is 3.29. The van der Waals surface area contributed by atoms with Crippen molar-refractivity contribution in [3.05, 3.63) is 89.0 Å². The van der Waals surface area contributed by atoms with Crippen molar-refractivity contribution in [2.24, 2.45) is 5.92 Å². The maximum absolute atomic E-state index is 12.9. The Bertz CT molecular complexity index is 1030. The van der Waals surface area contributed by atoms with Gasteiger partial charge in [0, 0.05) is 16.6 Å². The monoisotopic (exact) mass is 408 g/mol. The molecule has 2 aromatic carbocycles. The number of nitrogens with one attached hydrogen (secondary N) is 1. The van der Waals surface area contributed by atoms with E-state index in [4.69, 9.17) is 11.6 Å². The number of β-lactam (4-membered cyclic amide) rings is 1. The van der Waals surface area contributed by atoms with E-state index in [1.54, 1.807) is 41.3 Å². The number of aromatic carboxylic acids is 1. The summed E-state index contributed by atoms with van der Waals surface area (Å²) < 4.78 is 0. The molecular formula is C22H17ClN2O4. The Morgan fingerprint density at radius 2 is 1.59 bits per heavy atom. The second kappa shape index (κ2) is 7.56. The summed E-state index contributed by atoms with van der Waals surface area (Å²) in [5.41, 5.74) is 0.604. The number of hydrogen-bond donors (Lipinski definition) is 2. The highest BCUT2D eigenvalue weighted by Crippen LogP contribution is 2.35. The highest BCUT2D eigenvalue weighted by Gasteiger charge is 2.51. The normalized spacial score (nSPS) is 20.6. The first kappa shape index (κ1) is 19.0. The molecule has 146 valence electrons. The van der Waals surface area contributed by atoms with Crippen molar-refractivity contribution in [3.8, 4) is 0 Å². The first-order valence-corrected chi connectivity index (χ1v) is 9.42. The summed E-state index contributed by atoms with van der Waals surface area (Å²) in [4.78, 5) is 38.7. The van der Waals surface area contributed by atoms with Crippen molar-refractivity contribution in [2.45, 2.75) is 12.1 Å². The number of rotatable bonds is 5. The number of carboxylic acids is 1. The van der Waals surface area contributed by atoms with Crippen LogP contribution in [0.3, 0.4) is 0 Å². The highest BCUT2D eigenvalue weighted by atomic mass is 35.5. The van der Waals surface area contributed by atoms with Crippen molar-refractivity contribution in [3.63, 3.8) is 0 Å². The first-order valence-electron chi connectivity index (χ1n) is 9.04. The van der Waals surface area contributed by atoms with E-state index in [9.17, 15) is 19.5 Å². The molecule has 6 nitrogen and oxygen atoms in total. The van der Waals surface area contributed by atoms with Crippen LogP contribution in [0.25, 0.3) is 0 Å². The molecule has 2 amide bonds. The third kappa shape index (κ3) is 3.43. The molecule has 1 fully saturated rings. The Kier molecular flexibility index (Phi) is 4.94. The van der Waals surface area contributed by atoms with E-state index in [0.29, 0.717) is 10.7 Å². The summed E-state index contributed by atoms with van der Waals surface area (Å²) in [7, 11) is 0. The molecular weight excluding hydrogens is 392 g/mol. The zero-order chi connectivity index (χ0) is 20.5. The first-order chi connectivity index (χ1) is 14.0. The lowest BCUT2D eigenvalue weighted by atomic mass is 9.83. The lowest BCUT2D eigenvalue weighted by molar-refractivity contribution is -0.127. The number of nitrogens with zero attached hydrogens (tertiary/aromatic N) is 1. The van der Waals surface area contributed by atoms with E-state index < -0.39 is 17.9 Å². The van der Waals surface area contributed by atoms with Gasteiger partial charge in [-0.3, -0.25) is 9.59 Å². The molecule has 0 radical (unpaired) electrons. The number of carboxylic acid groups (broad SMARTS) is 1. The molecule has 1 aliphatic heterocycles.